The normalized spacial score (nSPS) is 27.2. The van der Waals surface area contributed by atoms with Crippen molar-refractivity contribution in [2.24, 2.45) is 0 Å². The van der Waals surface area contributed by atoms with E-state index in [1.54, 1.807) is 30.4 Å². The molecular weight excluding hydrogens is 322 g/mol. The summed E-state index contributed by atoms with van der Waals surface area (Å²) >= 11 is 9.20. The molecule has 0 amide bonds. The van der Waals surface area contributed by atoms with Crippen LogP contribution in [-0.4, -0.2) is 23.4 Å². The van der Waals surface area contributed by atoms with Gasteiger partial charge in [-0.2, -0.15) is 0 Å². The summed E-state index contributed by atoms with van der Waals surface area (Å²) in [6.45, 7) is 0. The lowest BCUT2D eigenvalue weighted by molar-refractivity contribution is -0.131. The topological polar surface area (TPSA) is 29.5 Å². The molecule has 1 aromatic rings. The highest BCUT2D eigenvalue weighted by atomic mass is 79.9. The zero-order valence-corrected chi connectivity index (χ0v) is 11.9. The molecule has 0 aliphatic heterocycles. The first-order valence-electron chi connectivity index (χ1n) is 5.25. The van der Waals surface area contributed by atoms with Gasteiger partial charge in [0.15, 0.2) is 0 Å². The quantitative estimate of drug-likeness (QED) is 0.663. The summed E-state index contributed by atoms with van der Waals surface area (Å²) in [4.78, 5) is 0. The number of hydrogen-bond donors (Lipinski definition) is 1. The molecule has 1 aliphatic carbocycles. The standard InChI is InChI=1S/C13H11BrClFO2/c1-18-13(17)10(3-2-4-12(13)15)9-6-5-8(14)7-11(9)16/h2-7,12,17H,1H3. The lowest BCUT2D eigenvalue weighted by atomic mass is 9.90. The SMILES string of the molecule is COC1(O)C(c2ccc(Br)cc2F)=CC=CC1Cl. The molecule has 0 spiro atoms. The van der Waals surface area contributed by atoms with Gasteiger partial charge in [-0.05, 0) is 12.1 Å². The molecule has 2 rings (SSSR count). The molecule has 0 fully saturated rings. The largest absolute Gasteiger partial charge is 0.360 e. The Kier molecular flexibility index (Phi) is 3.92. The second kappa shape index (κ2) is 5.13. The maximum atomic E-state index is 13.9. The number of aliphatic hydroxyl groups is 1. The lowest BCUT2D eigenvalue weighted by Crippen LogP contribution is -2.42. The Morgan fingerprint density at radius 3 is 2.83 bits per heavy atom. The first kappa shape index (κ1) is 13.7. The summed E-state index contributed by atoms with van der Waals surface area (Å²) < 4.78 is 19.6. The van der Waals surface area contributed by atoms with Crippen molar-refractivity contribution in [2.75, 3.05) is 7.11 Å². The minimum Gasteiger partial charge on any atom is -0.360 e. The van der Waals surface area contributed by atoms with Crippen LogP contribution in [0.2, 0.25) is 0 Å². The highest BCUT2D eigenvalue weighted by Crippen LogP contribution is 2.38. The van der Waals surface area contributed by atoms with Crippen LogP contribution in [0.25, 0.3) is 5.57 Å². The Hall–Kier alpha value is -0.680. The van der Waals surface area contributed by atoms with Crippen molar-refractivity contribution in [1.29, 1.82) is 0 Å². The summed E-state index contributed by atoms with van der Waals surface area (Å²) in [6.07, 6.45) is 4.85. The van der Waals surface area contributed by atoms with Crippen LogP contribution < -0.4 is 0 Å². The van der Waals surface area contributed by atoms with Crippen LogP contribution in [0.3, 0.4) is 0 Å². The third kappa shape index (κ3) is 2.26. The molecule has 1 aliphatic rings. The van der Waals surface area contributed by atoms with Crippen LogP contribution in [0.5, 0.6) is 0 Å². The minimum absolute atomic E-state index is 0.262. The fourth-order valence-electron chi connectivity index (χ4n) is 1.86. The van der Waals surface area contributed by atoms with Crippen molar-refractivity contribution >= 4 is 33.1 Å². The molecule has 18 heavy (non-hydrogen) atoms. The van der Waals surface area contributed by atoms with Gasteiger partial charge in [0.1, 0.15) is 11.2 Å². The van der Waals surface area contributed by atoms with Crippen molar-refractivity contribution in [1.82, 2.24) is 0 Å². The molecule has 0 saturated carbocycles. The summed E-state index contributed by atoms with van der Waals surface area (Å²) in [5.74, 6) is -2.18. The molecule has 0 heterocycles. The predicted molar refractivity (Wildman–Crippen MR) is 72.8 cm³/mol. The Bertz CT molecular complexity index is 530. The van der Waals surface area contributed by atoms with E-state index in [0.717, 1.165) is 0 Å². The van der Waals surface area contributed by atoms with Crippen molar-refractivity contribution in [3.8, 4) is 0 Å². The van der Waals surface area contributed by atoms with Crippen molar-refractivity contribution in [3.63, 3.8) is 0 Å². The Morgan fingerprint density at radius 2 is 2.22 bits per heavy atom. The number of ether oxygens (including phenoxy) is 1. The van der Waals surface area contributed by atoms with Crippen LogP contribution in [0.1, 0.15) is 5.56 Å². The fourth-order valence-corrected chi connectivity index (χ4v) is 2.48. The van der Waals surface area contributed by atoms with Gasteiger partial charge in [0.2, 0.25) is 5.79 Å². The van der Waals surface area contributed by atoms with E-state index in [0.29, 0.717) is 10.0 Å². The smallest absolute Gasteiger partial charge is 0.213 e. The number of rotatable bonds is 2. The number of methoxy groups -OCH3 is 1. The van der Waals surface area contributed by atoms with Crippen LogP contribution >= 0.6 is 27.5 Å². The number of allylic oxidation sites excluding steroid dienone is 2. The molecular formula is C13H11BrClFO2. The lowest BCUT2D eigenvalue weighted by Gasteiger charge is -2.34. The van der Waals surface area contributed by atoms with Gasteiger partial charge in [-0.25, -0.2) is 4.39 Å². The first-order chi connectivity index (χ1) is 8.49. The molecule has 0 aromatic heterocycles. The second-order valence-electron chi connectivity index (χ2n) is 3.89. The van der Waals surface area contributed by atoms with Gasteiger partial charge in [0.05, 0.1) is 0 Å². The van der Waals surface area contributed by atoms with E-state index >= 15 is 0 Å². The van der Waals surface area contributed by atoms with Gasteiger partial charge >= 0.3 is 0 Å². The van der Waals surface area contributed by atoms with E-state index in [2.05, 4.69) is 15.9 Å². The summed E-state index contributed by atoms with van der Waals surface area (Å²) in [5.41, 5.74) is 0.565. The van der Waals surface area contributed by atoms with E-state index < -0.39 is 17.0 Å². The molecule has 2 atom stereocenters. The number of benzene rings is 1. The molecule has 1 aromatic carbocycles. The Labute approximate surface area is 118 Å². The number of halogens is 3. The molecule has 96 valence electrons. The van der Waals surface area contributed by atoms with Gasteiger partial charge in [-0.15, -0.1) is 11.6 Å². The summed E-state index contributed by atoms with van der Waals surface area (Å²) in [7, 11) is 1.33. The number of alkyl halides is 1. The third-order valence-corrected chi connectivity index (χ3v) is 3.77. The zero-order valence-electron chi connectivity index (χ0n) is 9.53. The van der Waals surface area contributed by atoms with E-state index in [-0.39, 0.29) is 5.56 Å². The highest BCUT2D eigenvalue weighted by molar-refractivity contribution is 9.10. The predicted octanol–water partition coefficient (Wildman–Crippen LogP) is 3.48. The van der Waals surface area contributed by atoms with E-state index in [1.807, 2.05) is 0 Å². The van der Waals surface area contributed by atoms with Crippen LogP contribution in [0.4, 0.5) is 4.39 Å². The minimum atomic E-state index is -1.73. The monoisotopic (exact) mass is 332 g/mol. The molecule has 0 radical (unpaired) electrons. The van der Waals surface area contributed by atoms with Gasteiger partial charge in [-0.1, -0.05) is 40.2 Å². The second-order valence-corrected chi connectivity index (χ2v) is 5.28. The highest BCUT2D eigenvalue weighted by Gasteiger charge is 2.41. The molecule has 2 nitrogen and oxygen atoms in total. The van der Waals surface area contributed by atoms with Gasteiger partial charge < -0.3 is 9.84 Å². The van der Waals surface area contributed by atoms with Crippen molar-refractivity contribution < 1.29 is 14.2 Å². The average Bonchev–Trinajstić information content (AvgIpc) is 2.33. The Morgan fingerprint density at radius 1 is 1.50 bits per heavy atom. The zero-order chi connectivity index (χ0) is 13.3. The molecule has 0 bridgehead atoms. The van der Waals surface area contributed by atoms with E-state index in [9.17, 15) is 9.50 Å². The summed E-state index contributed by atoms with van der Waals surface area (Å²) in [5, 5.41) is 9.63. The third-order valence-electron chi connectivity index (χ3n) is 2.84. The van der Waals surface area contributed by atoms with Crippen molar-refractivity contribution in [3.05, 3.63) is 52.3 Å². The Balaban J connectivity index is 2.54. The molecule has 1 N–H and O–H groups in total. The fraction of sp³-hybridized carbons (Fsp3) is 0.231. The van der Waals surface area contributed by atoms with E-state index in [4.69, 9.17) is 16.3 Å². The first-order valence-corrected chi connectivity index (χ1v) is 6.48. The van der Waals surface area contributed by atoms with Gasteiger partial charge in [-0.3, -0.25) is 0 Å². The average molecular weight is 334 g/mol. The molecule has 5 heteroatoms. The maximum Gasteiger partial charge on any atom is 0.213 e. The number of hydrogen-bond acceptors (Lipinski definition) is 2. The molecule has 0 saturated heterocycles. The van der Waals surface area contributed by atoms with Crippen LogP contribution in [0.15, 0.2) is 40.9 Å². The maximum absolute atomic E-state index is 13.9. The van der Waals surface area contributed by atoms with Crippen LogP contribution in [-0.2, 0) is 4.74 Å². The van der Waals surface area contributed by atoms with Gasteiger partial charge in [0, 0.05) is 22.7 Å². The molecule has 2 unspecified atom stereocenters. The van der Waals surface area contributed by atoms with Crippen LogP contribution in [0, 0.1) is 5.82 Å². The van der Waals surface area contributed by atoms with Gasteiger partial charge in [0.25, 0.3) is 0 Å². The van der Waals surface area contributed by atoms with E-state index in [1.165, 1.54) is 13.2 Å². The van der Waals surface area contributed by atoms with Crippen molar-refractivity contribution in [2.45, 2.75) is 11.2 Å². The summed E-state index contributed by atoms with van der Waals surface area (Å²) in [6, 6.07) is 4.59.